The van der Waals surface area contributed by atoms with Crippen molar-refractivity contribution >= 4 is 34.8 Å². The van der Waals surface area contributed by atoms with E-state index in [1.807, 2.05) is 18.4 Å². The maximum absolute atomic E-state index is 12.2. The van der Waals surface area contributed by atoms with Crippen LogP contribution >= 0.6 is 23.2 Å². The molecule has 1 N–H and O–H groups in total. The van der Waals surface area contributed by atoms with Crippen molar-refractivity contribution in [2.45, 2.75) is 19.9 Å². The molecular formula is C13H13Cl2N3O. The minimum Gasteiger partial charge on any atom is -0.339 e. The molecule has 0 saturated carbocycles. The van der Waals surface area contributed by atoms with Crippen molar-refractivity contribution in [1.29, 1.82) is 0 Å². The van der Waals surface area contributed by atoms with Crippen LogP contribution in [0, 0.1) is 0 Å². The lowest BCUT2D eigenvalue weighted by Crippen LogP contribution is -2.18. The molecule has 0 aliphatic carbocycles. The van der Waals surface area contributed by atoms with Crippen molar-refractivity contribution in [2.24, 2.45) is 0 Å². The van der Waals surface area contributed by atoms with Gasteiger partial charge >= 0.3 is 0 Å². The van der Waals surface area contributed by atoms with Crippen molar-refractivity contribution in [3.63, 3.8) is 0 Å². The maximum Gasteiger partial charge on any atom is 0.272 e. The number of aromatic nitrogens is 2. The predicted molar refractivity (Wildman–Crippen MR) is 77.0 cm³/mol. The molecule has 4 nitrogen and oxygen atoms in total. The summed E-state index contributed by atoms with van der Waals surface area (Å²) in [6.07, 6.45) is 3.29. The second-order valence-corrected chi connectivity index (χ2v) is 5.13. The van der Waals surface area contributed by atoms with E-state index in [1.165, 1.54) is 0 Å². The first-order valence-electron chi connectivity index (χ1n) is 5.78. The maximum atomic E-state index is 12.2. The second-order valence-electron chi connectivity index (χ2n) is 4.34. The van der Waals surface area contributed by atoms with Crippen LogP contribution in [0.3, 0.4) is 0 Å². The van der Waals surface area contributed by atoms with E-state index in [0.717, 1.165) is 0 Å². The molecule has 0 radical (unpaired) electrons. The van der Waals surface area contributed by atoms with Gasteiger partial charge in [0.05, 0.1) is 10.7 Å². The Morgan fingerprint density at radius 1 is 1.42 bits per heavy atom. The minimum atomic E-state index is -0.268. The number of nitrogens with zero attached hydrogens (tertiary/aromatic N) is 2. The number of hydrogen-bond donors (Lipinski definition) is 1. The van der Waals surface area contributed by atoms with Gasteiger partial charge < -0.3 is 9.88 Å². The SMILES string of the molecule is CC(C)n1cc(Cl)cc1C(=O)Nc1cccnc1Cl. The number of carbonyl (C=O) groups is 1. The zero-order valence-corrected chi connectivity index (χ0v) is 12.0. The Kier molecular flexibility index (Phi) is 4.12. The van der Waals surface area contributed by atoms with Crippen LogP contribution in [-0.4, -0.2) is 15.5 Å². The summed E-state index contributed by atoms with van der Waals surface area (Å²) < 4.78 is 1.81. The molecule has 2 aromatic heterocycles. The summed E-state index contributed by atoms with van der Waals surface area (Å²) in [6, 6.07) is 5.16. The highest BCUT2D eigenvalue weighted by Gasteiger charge is 2.16. The summed E-state index contributed by atoms with van der Waals surface area (Å²) in [5.41, 5.74) is 0.960. The topological polar surface area (TPSA) is 46.9 Å². The summed E-state index contributed by atoms with van der Waals surface area (Å²) >= 11 is 11.9. The smallest absolute Gasteiger partial charge is 0.272 e. The van der Waals surface area contributed by atoms with E-state index in [9.17, 15) is 4.79 Å². The Balaban J connectivity index is 2.28. The third kappa shape index (κ3) is 3.08. The van der Waals surface area contributed by atoms with E-state index in [-0.39, 0.29) is 17.1 Å². The monoisotopic (exact) mass is 297 g/mol. The molecule has 6 heteroatoms. The molecule has 0 aliphatic rings. The van der Waals surface area contributed by atoms with Crippen LogP contribution in [0.5, 0.6) is 0 Å². The van der Waals surface area contributed by atoms with Crippen molar-refractivity contribution in [1.82, 2.24) is 9.55 Å². The van der Waals surface area contributed by atoms with Crippen LogP contribution in [0.4, 0.5) is 5.69 Å². The van der Waals surface area contributed by atoms with Crippen LogP contribution in [0.15, 0.2) is 30.6 Å². The Morgan fingerprint density at radius 3 is 2.79 bits per heavy atom. The Labute approximate surface area is 121 Å². The minimum absolute atomic E-state index is 0.137. The molecule has 0 saturated heterocycles. The fourth-order valence-corrected chi connectivity index (χ4v) is 2.10. The fourth-order valence-electron chi connectivity index (χ4n) is 1.72. The number of nitrogens with one attached hydrogen (secondary N) is 1. The van der Waals surface area contributed by atoms with Gasteiger partial charge in [0.2, 0.25) is 0 Å². The highest BCUT2D eigenvalue weighted by Crippen LogP contribution is 2.22. The molecule has 2 aromatic rings. The molecule has 2 rings (SSSR count). The molecule has 100 valence electrons. The molecule has 2 heterocycles. The standard InChI is InChI=1S/C13H13Cl2N3O/c1-8(2)18-7-9(14)6-11(18)13(19)17-10-4-3-5-16-12(10)15/h3-8H,1-2H3,(H,17,19). The third-order valence-electron chi connectivity index (χ3n) is 2.61. The van der Waals surface area contributed by atoms with Crippen molar-refractivity contribution < 1.29 is 4.79 Å². The number of hydrogen-bond acceptors (Lipinski definition) is 2. The molecule has 0 aromatic carbocycles. The number of halogens is 2. The number of anilines is 1. The number of amides is 1. The van der Waals surface area contributed by atoms with Gasteiger partial charge in [0.25, 0.3) is 5.91 Å². The summed E-state index contributed by atoms with van der Waals surface area (Å²) in [6.45, 7) is 3.95. The average molecular weight is 298 g/mol. The van der Waals surface area contributed by atoms with Gasteiger partial charge in [-0.2, -0.15) is 0 Å². The average Bonchev–Trinajstić information content (AvgIpc) is 2.74. The first kappa shape index (κ1) is 13.9. The van der Waals surface area contributed by atoms with E-state index in [0.29, 0.717) is 16.4 Å². The number of pyridine rings is 1. The van der Waals surface area contributed by atoms with Crippen molar-refractivity contribution in [2.75, 3.05) is 5.32 Å². The molecule has 0 aliphatic heterocycles. The van der Waals surface area contributed by atoms with Crippen LogP contribution in [0.2, 0.25) is 10.2 Å². The van der Waals surface area contributed by atoms with Crippen LogP contribution in [0.1, 0.15) is 30.4 Å². The van der Waals surface area contributed by atoms with Gasteiger partial charge in [-0.25, -0.2) is 4.98 Å². The van der Waals surface area contributed by atoms with Gasteiger partial charge in [-0.05, 0) is 32.0 Å². The van der Waals surface area contributed by atoms with Gasteiger partial charge in [-0.15, -0.1) is 0 Å². The molecular weight excluding hydrogens is 285 g/mol. The van der Waals surface area contributed by atoms with Gasteiger partial charge in [0, 0.05) is 18.4 Å². The first-order valence-corrected chi connectivity index (χ1v) is 6.54. The first-order chi connectivity index (χ1) is 8.99. The molecule has 19 heavy (non-hydrogen) atoms. The Morgan fingerprint density at radius 2 is 2.16 bits per heavy atom. The van der Waals surface area contributed by atoms with E-state index in [2.05, 4.69) is 10.3 Å². The molecule has 0 spiro atoms. The predicted octanol–water partition coefficient (Wildman–Crippen LogP) is 4.02. The quantitative estimate of drug-likeness (QED) is 0.870. The zero-order chi connectivity index (χ0) is 14.0. The normalized spacial score (nSPS) is 10.8. The van der Waals surface area contributed by atoms with E-state index >= 15 is 0 Å². The largest absolute Gasteiger partial charge is 0.339 e. The Bertz CT molecular complexity index is 608. The van der Waals surface area contributed by atoms with E-state index in [4.69, 9.17) is 23.2 Å². The molecule has 0 atom stereocenters. The van der Waals surface area contributed by atoms with Gasteiger partial charge in [0.1, 0.15) is 5.69 Å². The summed E-state index contributed by atoms with van der Waals surface area (Å²) in [5, 5.41) is 3.50. The Hall–Kier alpha value is -1.52. The molecule has 1 amide bonds. The molecule has 0 fully saturated rings. The van der Waals surface area contributed by atoms with E-state index in [1.54, 1.807) is 30.6 Å². The van der Waals surface area contributed by atoms with Gasteiger partial charge in [-0.3, -0.25) is 4.79 Å². The zero-order valence-electron chi connectivity index (χ0n) is 10.5. The van der Waals surface area contributed by atoms with Crippen LogP contribution < -0.4 is 5.32 Å². The second kappa shape index (κ2) is 5.63. The molecule has 0 bridgehead atoms. The lowest BCUT2D eigenvalue weighted by molar-refractivity contribution is 0.101. The van der Waals surface area contributed by atoms with Gasteiger partial charge in [-0.1, -0.05) is 23.2 Å². The van der Waals surface area contributed by atoms with Crippen molar-refractivity contribution in [3.05, 3.63) is 46.5 Å². The van der Waals surface area contributed by atoms with Crippen LogP contribution in [0.25, 0.3) is 0 Å². The molecule has 0 unspecified atom stereocenters. The van der Waals surface area contributed by atoms with Crippen molar-refractivity contribution in [3.8, 4) is 0 Å². The number of carbonyl (C=O) groups excluding carboxylic acids is 1. The summed E-state index contributed by atoms with van der Waals surface area (Å²) in [7, 11) is 0. The third-order valence-corrected chi connectivity index (χ3v) is 3.12. The summed E-state index contributed by atoms with van der Waals surface area (Å²) in [4.78, 5) is 16.1. The summed E-state index contributed by atoms with van der Waals surface area (Å²) in [5.74, 6) is -0.268. The highest BCUT2D eigenvalue weighted by molar-refractivity contribution is 6.33. The van der Waals surface area contributed by atoms with E-state index < -0.39 is 0 Å². The van der Waals surface area contributed by atoms with Gasteiger partial charge in [0.15, 0.2) is 5.15 Å². The van der Waals surface area contributed by atoms with Crippen LogP contribution in [-0.2, 0) is 0 Å². The lowest BCUT2D eigenvalue weighted by Gasteiger charge is -2.12. The number of rotatable bonds is 3. The highest BCUT2D eigenvalue weighted by atomic mass is 35.5. The lowest BCUT2D eigenvalue weighted by atomic mass is 10.3. The fraction of sp³-hybridized carbons (Fsp3) is 0.231.